The minimum absolute atomic E-state index is 0.193. The highest BCUT2D eigenvalue weighted by atomic mass is 16.5. The van der Waals surface area contributed by atoms with Crippen molar-refractivity contribution in [3.8, 4) is 0 Å². The molecule has 0 bridgehead atoms. The van der Waals surface area contributed by atoms with Crippen LogP contribution in [0.25, 0.3) is 0 Å². The first-order valence-electron chi connectivity index (χ1n) is 10.6. The van der Waals surface area contributed by atoms with Crippen LogP contribution in [0.3, 0.4) is 0 Å². The lowest BCUT2D eigenvalue weighted by Crippen LogP contribution is -2.39. The first-order chi connectivity index (χ1) is 14.0. The molecule has 0 spiro atoms. The molecule has 29 heavy (non-hydrogen) atoms. The quantitative estimate of drug-likeness (QED) is 0.466. The molecule has 0 radical (unpaired) electrons. The highest BCUT2D eigenvalue weighted by Gasteiger charge is 2.17. The predicted molar refractivity (Wildman–Crippen MR) is 115 cm³/mol. The van der Waals surface area contributed by atoms with E-state index in [9.17, 15) is 10.0 Å². The van der Waals surface area contributed by atoms with Crippen molar-refractivity contribution in [1.29, 1.82) is 0 Å². The van der Waals surface area contributed by atoms with Gasteiger partial charge in [0.25, 0.3) is 5.91 Å². The molecule has 1 atom stereocenters. The van der Waals surface area contributed by atoms with Gasteiger partial charge in [-0.1, -0.05) is 32.1 Å². The van der Waals surface area contributed by atoms with E-state index in [0.29, 0.717) is 30.9 Å². The molecule has 0 aromatic carbocycles. The molecule has 4 N–H and O–H groups in total. The van der Waals surface area contributed by atoms with E-state index in [1.165, 1.54) is 5.06 Å². The Kier molecular flexibility index (Phi) is 9.83. The lowest BCUT2D eigenvalue weighted by Gasteiger charge is -2.22. The number of nitrogens with one attached hydrogen (secondary N) is 1. The number of aromatic nitrogens is 1. The van der Waals surface area contributed by atoms with Crippen molar-refractivity contribution in [2.75, 3.05) is 26.2 Å². The van der Waals surface area contributed by atoms with E-state index in [0.717, 1.165) is 44.5 Å². The maximum absolute atomic E-state index is 12.4. The van der Waals surface area contributed by atoms with Crippen molar-refractivity contribution in [1.82, 2.24) is 20.3 Å². The number of nitrogens with two attached hydrogens (primary N) is 1. The number of nitrogens with zero attached hydrogens (tertiary/aromatic N) is 3. The SMILES string of the molecule is CCCN(CCC)CCCN(O)Cc1ccc(C(=O)NC2CC=CC=C2N)nc1. The number of amides is 1. The van der Waals surface area contributed by atoms with Gasteiger partial charge in [0.2, 0.25) is 0 Å². The summed E-state index contributed by atoms with van der Waals surface area (Å²) < 4.78 is 0. The van der Waals surface area contributed by atoms with Crippen molar-refractivity contribution in [3.63, 3.8) is 0 Å². The number of hydrogen-bond acceptors (Lipinski definition) is 6. The normalized spacial score (nSPS) is 16.3. The number of hydroxylamine groups is 2. The van der Waals surface area contributed by atoms with Gasteiger partial charge in [-0.05, 0) is 63.0 Å². The zero-order valence-electron chi connectivity index (χ0n) is 17.7. The molecule has 1 unspecified atom stereocenters. The van der Waals surface area contributed by atoms with Crippen LogP contribution in [0.15, 0.2) is 42.3 Å². The molecule has 1 aromatic rings. The highest BCUT2D eigenvalue weighted by Crippen LogP contribution is 2.10. The smallest absolute Gasteiger partial charge is 0.270 e. The number of rotatable bonds is 12. The Bertz CT molecular complexity index is 681. The number of carbonyl (C=O) groups is 1. The van der Waals surface area contributed by atoms with Crippen molar-refractivity contribution in [2.24, 2.45) is 5.73 Å². The molecule has 1 heterocycles. The average Bonchev–Trinajstić information content (AvgIpc) is 2.70. The van der Waals surface area contributed by atoms with Crippen LogP contribution in [0.5, 0.6) is 0 Å². The van der Waals surface area contributed by atoms with Gasteiger partial charge in [-0.15, -0.1) is 0 Å². The molecule has 0 saturated heterocycles. The van der Waals surface area contributed by atoms with Gasteiger partial charge < -0.3 is 21.2 Å². The second-order valence-corrected chi connectivity index (χ2v) is 7.49. The summed E-state index contributed by atoms with van der Waals surface area (Å²) in [6, 6.07) is 3.31. The molecular weight excluding hydrogens is 366 g/mol. The number of hydrogen-bond donors (Lipinski definition) is 3. The van der Waals surface area contributed by atoms with E-state index < -0.39 is 0 Å². The van der Waals surface area contributed by atoms with Gasteiger partial charge in [0.15, 0.2) is 0 Å². The standard InChI is InChI=1S/C22H35N5O2/c1-3-12-26(13-4-2)14-7-15-27(29)17-18-10-11-21(24-16-18)22(28)25-20-9-6-5-8-19(20)23/h5-6,8,10-11,16,20,29H,3-4,7,9,12-15,17,23H2,1-2H3,(H,25,28). The molecule has 0 fully saturated rings. The monoisotopic (exact) mass is 401 g/mol. The maximum Gasteiger partial charge on any atom is 0.270 e. The van der Waals surface area contributed by atoms with Gasteiger partial charge in [0.05, 0.1) is 12.6 Å². The van der Waals surface area contributed by atoms with Crippen molar-refractivity contribution in [3.05, 3.63) is 53.5 Å². The number of carbonyl (C=O) groups excluding carboxylic acids is 1. The second kappa shape index (κ2) is 12.4. The van der Waals surface area contributed by atoms with Gasteiger partial charge in [0, 0.05) is 18.4 Å². The third-order valence-corrected chi connectivity index (χ3v) is 4.90. The third kappa shape index (κ3) is 7.97. The predicted octanol–water partition coefficient (Wildman–Crippen LogP) is 2.69. The Balaban J connectivity index is 1.77. The van der Waals surface area contributed by atoms with Crippen LogP contribution in [-0.4, -0.2) is 58.3 Å². The van der Waals surface area contributed by atoms with Crippen molar-refractivity contribution in [2.45, 2.75) is 52.1 Å². The van der Waals surface area contributed by atoms with Gasteiger partial charge in [-0.3, -0.25) is 9.78 Å². The lowest BCUT2D eigenvalue weighted by atomic mass is 10.1. The molecule has 7 nitrogen and oxygen atoms in total. The summed E-state index contributed by atoms with van der Waals surface area (Å²) in [6.07, 6.45) is 11.2. The van der Waals surface area contributed by atoms with Crippen LogP contribution in [0.4, 0.5) is 0 Å². The molecule has 7 heteroatoms. The van der Waals surface area contributed by atoms with E-state index in [1.54, 1.807) is 18.3 Å². The van der Waals surface area contributed by atoms with Crippen LogP contribution in [0.1, 0.15) is 55.6 Å². The Labute approximate surface area is 174 Å². The van der Waals surface area contributed by atoms with E-state index in [1.807, 2.05) is 18.2 Å². The molecule has 1 aliphatic carbocycles. The number of pyridine rings is 1. The van der Waals surface area contributed by atoms with Crippen LogP contribution in [-0.2, 0) is 6.54 Å². The van der Waals surface area contributed by atoms with Gasteiger partial charge in [0.1, 0.15) is 5.69 Å². The van der Waals surface area contributed by atoms with Crippen LogP contribution in [0, 0.1) is 0 Å². The van der Waals surface area contributed by atoms with Gasteiger partial charge in [-0.25, -0.2) is 0 Å². The van der Waals surface area contributed by atoms with E-state index in [4.69, 9.17) is 5.73 Å². The maximum atomic E-state index is 12.4. The Morgan fingerprint density at radius 1 is 1.24 bits per heavy atom. The molecule has 0 aliphatic heterocycles. The first kappa shape index (κ1) is 23.1. The summed E-state index contributed by atoms with van der Waals surface area (Å²) in [7, 11) is 0. The Hall–Kier alpha value is -2.22. The summed E-state index contributed by atoms with van der Waals surface area (Å²) in [5.74, 6) is -0.249. The topological polar surface area (TPSA) is 94.7 Å². The fraction of sp³-hybridized carbons (Fsp3) is 0.545. The molecule has 1 amide bonds. The fourth-order valence-corrected chi connectivity index (χ4v) is 3.41. The van der Waals surface area contributed by atoms with Crippen LogP contribution < -0.4 is 11.1 Å². The third-order valence-electron chi connectivity index (χ3n) is 4.90. The highest BCUT2D eigenvalue weighted by molar-refractivity contribution is 5.92. The minimum atomic E-state index is -0.249. The minimum Gasteiger partial charge on any atom is -0.400 e. The summed E-state index contributed by atoms with van der Waals surface area (Å²) >= 11 is 0. The van der Waals surface area contributed by atoms with Gasteiger partial charge in [-0.2, -0.15) is 5.06 Å². The van der Waals surface area contributed by atoms with Crippen LogP contribution >= 0.6 is 0 Å². The van der Waals surface area contributed by atoms with E-state index in [2.05, 4.69) is 29.0 Å². The molecule has 0 saturated carbocycles. The Morgan fingerprint density at radius 2 is 2.00 bits per heavy atom. The molecular formula is C22H35N5O2. The molecule has 1 aromatic heterocycles. The Morgan fingerprint density at radius 3 is 2.62 bits per heavy atom. The van der Waals surface area contributed by atoms with Gasteiger partial charge >= 0.3 is 0 Å². The molecule has 160 valence electrons. The first-order valence-corrected chi connectivity index (χ1v) is 10.6. The second-order valence-electron chi connectivity index (χ2n) is 7.49. The summed E-state index contributed by atoms with van der Waals surface area (Å²) in [5, 5.41) is 14.4. The van der Waals surface area contributed by atoms with Crippen molar-refractivity contribution < 1.29 is 10.0 Å². The van der Waals surface area contributed by atoms with Crippen molar-refractivity contribution >= 4 is 5.91 Å². The molecule has 2 rings (SSSR count). The van der Waals surface area contributed by atoms with E-state index in [-0.39, 0.29) is 11.9 Å². The number of allylic oxidation sites excluding steroid dienone is 2. The average molecular weight is 402 g/mol. The lowest BCUT2D eigenvalue weighted by molar-refractivity contribution is -0.101. The van der Waals surface area contributed by atoms with Crippen LogP contribution in [0.2, 0.25) is 0 Å². The fourth-order valence-electron chi connectivity index (χ4n) is 3.41. The zero-order chi connectivity index (χ0) is 21.1. The summed E-state index contributed by atoms with van der Waals surface area (Å²) in [5.41, 5.74) is 7.77. The summed E-state index contributed by atoms with van der Waals surface area (Å²) in [4.78, 5) is 19.0. The zero-order valence-corrected chi connectivity index (χ0v) is 17.7. The summed E-state index contributed by atoms with van der Waals surface area (Å²) in [6.45, 7) is 8.57. The molecule has 1 aliphatic rings. The largest absolute Gasteiger partial charge is 0.400 e. The van der Waals surface area contributed by atoms with E-state index >= 15 is 0 Å².